The molecular formula is C22H24FNO6S. The second-order valence-corrected chi connectivity index (χ2v) is 8.38. The molecule has 1 aliphatic heterocycles. The van der Waals surface area contributed by atoms with Crippen LogP contribution in [-0.4, -0.2) is 62.6 Å². The molecule has 3 aromatic rings. The molecule has 1 saturated heterocycles. The number of fused-ring (bicyclic) bond motifs is 1. The molecule has 0 unspecified atom stereocenters. The highest BCUT2D eigenvalue weighted by atomic mass is 32.2. The summed E-state index contributed by atoms with van der Waals surface area (Å²) in [7, 11) is 0. The fourth-order valence-corrected chi connectivity index (χ4v) is 4.70. The van der Waals surface area contributed by atoms with Crippen molar-refractivity contribution in [3.63, 3.8) is 0 Å². The molecule has 166 valence electrons. The Kier molecular flexibility index (Phi) is 6.52. The van der Waals surface area contributed by atoms with E-state index in [2.05, 4.69) is 0 Å². The van der Waals surface area contributed by atoms with Crippen LogP contribution in [0.5, 0.6) is 5.75 Å². The van der Waals surface area contributed by atoms with E-state index in [4.69, 9.17) is 9.47 Å². The number of hydrogen-bond acceptors (Lipinski definition) is 7. The van der Waals surface area contributed by atoms with Gasteiger partial charge in [0.25, 0.3) is 0 Å². The normalized spacial score (nSPS) is 26.3. The Morgan fingerprint density at radius 1 is 1.06 bits per heavy atom. The third-order valence-electron chi connectivity index (χ3n) is 5.27. The van der Waals surface area contributed by atoms with Gasteiger partial charge in [-0.3, -0.25) is 0 Å². The van der Waals surface area contributed by atoms with Gasteiger partial charge in [-0.25, -0.2) is 4.39 Å². The first kappa shape index (κ1) is 22.1. The van der Waals surface area contributed by atoms with Crippen molar-refractivity contribution in [1.29, 1.82) is 0 Å². The van der Waals surface area contributed by atoms with Crippen LogP contribution in [0.1, 0.15) is 13.2 Å². The molecule has 5 atom stereocenters. The van der Waals surface area contributed by atoms with E-state index >= 15 is 0 Å². The van der Waals surface area contributed by atoms with E-state index in [1.54, 1.807) is 18.3 Å². The Balaban J connectivity index is 1.73. The van der Waals surface area contributed by atoms with Crippen LogP contribution in [0.3, 0.4) is 0 Å². The van der Waals surface area contributed by atoms with Gasteiger partial charge in [0.1, 0.15) is 36.0 Å². The lowest BCUT2D eigenvalue weighted by molar-refractivity contribution is -0.250. The highest BCUT2D eigenvalue weighted by Crippen LogP contribution is 2.40. The van der Waals surface area contributed by atoms with Gasteiger partial charge in [-0.2, -0.15) is 0 Å². The number of halogens is 1. The average molecular weight is 450 g/mol. The van der Waals surface area contributed by atoms with E-state index in [1.807, 2.05) is 31.2 Å². The molecule has 1 aliphatic rings. The Morgan fingerprint density at radius 3 is 2.48 bits per heavy atom. The van der Waals surface area contributed by atoms with Gasteiger partial charge < -0.3 is 34.5 Å². The van der Waals surface area contributed by atoms with E-state index in [9.17, 15) is 24.8 Å². The summed E-state index contributed by atoms with van der Waals surface area (Å²) in [5, 5.41) is 40.8. The van der Waals surface area contributed by atoms with Crippen LogP contribution in [0.25, 0.3) is 10.9 Å². The Labute approximate surface area is 182 Å². The number of benzene rings is 2. The molecule has 0 bridgehead atoms. The first-order valence-electron chi connectivity index (χ1n) is 9.95. The van der Waals surface area contributed by atoms with Crippen molar-refractivity contribution in [2.24, 2.45) is 0 Å². The highest BCUT2D eigenvalue weighted by Gasteiger charge is 2.44. The lowest BCUT2D eigenvalue weighted by Crippen LogP contribution is -2.56. The van der Waals surface area contributed by atoms with Gasteiger partial charge in [0.05, 0.1) is 18.7 Å². The van der Waals surface area contributed by atoms with Crippen LogP contribution in [0.15, 0.2) is 58.5 Å². The maximum Gasteiger partial charge on any atom is 0.163 e. The van der Waals surface area contributed by atoms with Crippen molar-refractivity contribution in [1.82, 2.24) is 4.57 Å². The van der Waals surface area contributed by atoms with Crippen molar-refractivity contribution in [3.8, 4) is 5.75 Å². The van der Waals surface area contributed by atoms with Gasteiger partial charge in [0, 0.05) is 21.4 Å². The van der Waals surface area contributed by atoms with Crippen LogP contribution in [-0.2, 0) is 4.74 Å². The van der Waals surface area contributed by atoms with Gasteiger partial charge in [0.15, 0.2) is 6.23 Å². The quantitative estimate of drug-likeness (QED) is 0.458. The second kappa shape index (κ2) is 9.15. The number of para-hydroxylation sites is 1. The third kappa shape index (κ3) is 4.17. The zero-order chi connectivity index (χ0) is 22.1. The minimum atomic E-state index is -1.55. The summed E-state index contributed by atoms with van der Waals surface area (Å²) in [6, 6.07) is 12.1. The predicted octanol–water partition coefficient (Wildman–Crippen LogP) is 2.30. The number of nitrogens with zero attached hydrogens (tertiary/aromatic N) is 1. The fourth-order valence-electron chi connectivity index (χ4n) is 3.73. The van der Waals surface area contributed by atoms with Gasteiger partial charge in [0.2, 0.25) is 0 Å². The predicted molar refractivity (Wildman–Crippen MR) is 113 cm³/mol. The Hall–Kier alpha value is -2.14. The molecule has 2 aromatic carbocycles. The number of aromatic nitrogens is 1. The zero-order valence-electron chi connectivity index (χ0n) is 16.8. The fraction of sp³-hybridized carbons (Fsp3) is 0.364. The summed E-state index contributed by atoms with van der Waals surface area (Å²) in [6.45, 7) is 1.92. The van der Waals surface area contributed by atoms with Crippen molar-refractivity contribution < 1.29 is 34.3 Å². The summed E-state index contributed by atoms with van der Waals surface area (Å²) < 4.78 is 27.3. The summed E-state index contributed by atoms with van der Waals surface area (Å²) in [5.74, 6) is 0.231. The zero-order valence-corrected chi connectivity index (χ0v) is 17.6. The van der Waals surface area contributed by atoms with Crippen LogP contribution < -0.4 is 4.74 Å². The molecule has 0 aliphatic carbocycles. The van der Waals surface area contributed by atoms with E-state index < -0.39 is 43.1 Å². The van der Waals surface area contributed by atoms with Crippen molar-refractivity contribution in [2.75, 3.05) is 13.2 Å². The summed E-state index contributed by atoms with van der Waals surface area (Å²) in [5.41, 5.74) is 0.195. The number of aliphatic hydroxyl groups excluding tert-OH is 4. The molecule has 7 nitrogen and oxygen atoms in total. The lowest BCUT2D eigenvalue weighted by Gasteiger charge is -2.40. The Bertz CT molecular complexity index is 1040. The standard InChI is InChI=1S/C22H24FNO6S/c1-2-29-12-6-8-13(9-7-12)31-17-10-24(18-14(17)4-3-5-15(18)23)22-21(28)20(27)19(26)16(11-25)30-22/h3-10,16,19-22,25-28H,2,11H2,1H3/t16-,19-,20+,21-,22-/m1/s1. The topological polar surface area (TPSA) is 104 Å². The minimum absolute atomic E-state index is 0.195. The smallest absolute Gasteiger partial charge is 0.163 e. The third-order valence-corrected chi connectivity index (χ3v) is 6.32. The molecular weight excluding hydrogens is 425 g/mol. The second-order valence-electron chi connectivity index (χ2n) is 7.26. The number of hydrogen-bond donors (Lipinski definition) is 4. The number of ether oxygens (including phenoxy) is 2. The van der Waals surface area contributed by atoms with Crippen molar-refractivity contribution in [3.05, 3.63) is 54.5 Å². The van der Waals surface area contributed by atoms with Gasteiger partial charge in [-0.1, -0.05) is 23.9 Å². The monoisotopic (exact) mass is 449 g/mol. The molecule has 0 spiro atoms. The Morgan fingerprint density at radius 2 is 1.81 bits per heavy atom. The van der Waals surface area contributed by atoms with Crippen LogP contribution >= 0.6 is 11.8 Å². The molecule has 0 radical (unpaired) electrons. The molecule has 4 N–H and O–H groups in total. The van der Waals surface area contributed by atoms with E-state index in [0.717, 1.165) is 15.5 Å². The van der Waals surface area contributed by atoms with Gasteiger partial charge in [-0.15, -0.1) is 0 Å². The number of rotatable bonds is 6. The van der Waals surface area contributed by atoms with E-state index in [0.29, 0.717) is 12.0 Å². The summed E-state index contributed by atoms with van der Waals surface area (Å²) in [4.78, 5) is 1.62. The lowest BCUT2D eigenvalue weighted by atomic mass is 9.98. The minimum Gasteiger partial charge on any atom is -0.494 e. The molecule has 1 aromatic heterocycles. The van der Waals surface area contributed by atoms with Crippen LogP contribution in [0.2, 0.25) is 0 Å². The van der Waals surface area contributed by atoms with Gasteiger partial charge >= 0.3 is 0 Å². The van der Waals surface area contributed by atoms with Crippen molar-refractivity contribution >= 4 is 22.7 Å². The molecule has 2 heterocycles. The largest absolute Gasteiger partial charge is 0.494 e. The van der Waals surface area contributed by atoms with Gasteiger partial charge in [-0.05, 0) is 37.3 Å². The average Bonchev–Trinajstić information content (AvgIpc) is 3.13. The molecule has 1 fully saturated rings. The molecule has 31 heavy (non-hydrogen) atoms. The molecule has 0 saturated carbocycles. The van der Waals surface area contributed by atoms with Crippen LogP contribution in [0.4, 0.5) is 4.39 Å². The molecule has 4 rings (SSSR count). The van der Waals surface area contributed by atoms with E-state index in [-0.39, 0.29) is 5.52 Å². The maximum absolute atomic E-state index is 14.8. The SMILES string of the molecule is CCOc1ccc(Sc2cn([C@@H]3O[C@H](CO)[C@@H](O)[C@H](O)[C@H]3O)c3c(F)cccc23)cc1. The first-order valence-corrected chi connectivity index (χ1v) is 10.8. The van der Waals surface area contributed by atoms with Crippen LogP contribution in [0, 0.1) is 5.82 Å². The first-order chi connectivity index (χ1) is 14.9. The maximum atomic E-state index is 14.8. The molecule has 0 amide bonds. The number of aliphatic hydroxyl groups is 4. The highest BCUT2D eigenvalue weighted by molar-refractivity contribution is 7.99. The molecule has 9 heteroatoms. The van der Waals surface area contributed by atoms with E-state index in [1.165, 1.54) is 22.4 Å². The van der Waals surface area contributed by atoms with Crippen molar-refractivity contribution in [2.45, 2.75) is 47.4 Å². The summed E-state index contributed by atoms with van der Waals surface area (Å²) >= 11 is 1.41. The summed E-state index contributed by atoms with van der Waals surface area (Å²) in [6.07, 6.45) is -5.19.